The molecule has 2 unspecified atom stereocenters. The molecule has 6 heteroatoms. The summed E-state index contributed by atoms with van der Waals surface area (Å²) in [5, 5.41) is 2.93. The maximum absolute atomic E-state index is 12.6. The highest BCUT2D eigenvalue weighted by Crippen LogP contribution is 2.23. The first-order valence-electron chi connectivity index (χ1n) is 10.9. The number of amides is 2. The van der Waals surface area contributed by atoms with Crippen molar-refractivity contribution in [3.63, 3.8) is 0 Å². The number of hydrogen-bond donors (Lipinski definition) is 1. The van der Waals surface area contributed by atoms with Gasteiger partial charge >= 0.3 is 0 Å². The molecule has 2 aromatic rings. The van der Waals surface area contributed by atoms with Crippen LogP contribution in [0.15, 0.2) is 48.5 Å². The van der Waals surface area contributed by atoms with Crippen molar-refractivity contribution in [2.75, 3.05) is 20.3 Å². The zero-order chi connectivity index (χ0) is 22.2. The molecule has 1 saturated heterocycles. The second kappa shape index (κ2) is 10.8. The van der Waals surface area contributed by atoms with E-state index < -0.39 is 0 Å². The Balaban J connectivity index is 1.44. The average molecular weight is 425 g/mol. The molecule has 0 radical (unpaired) electrons. The van der Waals surface area contributed by atoms with E-state index in [4.69, 9.17) is 9.47 Å². The van der Waals surface area contributed by atoms with E-state index in [-0.39, 0.29) is 30.5 Å². The highest BCUT2D eigenvalue weighted by atomic mass is 16.5. The molecule has 0 bridgehead atoms. The second-order valence-electron chi connectivity index (χ2n) is 8.10. The van der Waals surface area contributed by atoms with Gasteiger partial charge in [-0.15, -0.1) is 0 Å². The topological polar surface area (TPSA) is 67.9 Å². The van der Waals surface area contributed by atoms with E-state index in [0.29, 0.717) is 17.9 Å². The van der Waals surface area contributed by atoms with E-state index in [2.05, 4.69) is 19.2 Å². The van der Waals surface area contributed by atoms with Crippen molar-refractivity contribution >= 4 is 11.8 Å². The minimum atomic E-state index is -0.132. The van der Waals surface area contributed by atoms with Gasteiger partial charge in [0.15, 0.2) is 6.61 Å². The second-order valence-corrected chi connectivity index (χ2v) is 8.10. The Hall–Kier alpha value is -3.02. The Bertz CT molecular complexity index is 854. The number of carbonyl (C=O) groups excluding carboxylic acids is 2. The number of nitrogens with zero attached hydrogens (tertiary/aromatic N) is 1. The molecule has 1 fully saturated rings. The highest BCUT2D eigenvalue weighted by Gasteiger charge is 2.28. The fraction of sp³-hybridized carbons (Fsp3) is 0.440. The van der Waals surface area contributed by atoms with E-state index in [1.165, 1.54) is 0 Å². The molecule has 0 aliphatic carbocycles. The summed E-state index contributed by atoms with van der Waals surface area (Å²) < 4.78 is 10.8. The van der Waals surface area contributed by atoms with Crippen LogP contribution in [0, 0.1) is 0 Å². The molecule has 6 nitrogen and oxygen atoms in total. The Morgan fingerprint density at radius 2 is 1.58 bits per heavy atom. The Morgan fingerprint density at radius 1 is 0.968 bits per heavy atom. The molecule has 1 N–H and O–H groups in total. The van der Waals surface area contributed by atoms with Crippen LogP contribution >= 0.6 is 0 Å². The highest BCUT2D eigenvalue weighted by molar-refractivity contribution is 5.94. The SMILES string of the molecule is COc1ccc(CCNC(=O)c2ccc(OCC(=O)N3C(C)CCCC3C)cc2)cc1. The molecular formula is C25H32N2O4. The molecule has 0 aromatic heterocycles. The normalized spacial score (nSPS) is 18.4. The fourth-order valence-corrected chi connectivity index (χ4v) is 4.05. The third kappa shape index (κ3) is 6.23. The number of benzene rings is 2. The van der Waals surface area contributed by atoms with Gasteiger partial charge in [0.1, 0.15) is 11.5 Å². The van der Waals surface area contributed by atoms with Crippen LogP contribution in [-0.4, -0.2) is 49.1 Å². The molecule has 2 amide bonds. The summed E-state index contributed by atoms with van der Waals surface area (Å²) >= 11 is 0. The number of nitrogens with one attached hydrogen (secondary N) is 1. The monoisotopic (exact) mass is 424 g/mol. The van der Waals surface area contributed by atoms with E-state index in [0.717, 1.165) is 37.0 Å². The smallest absolute Gasteiger partial charge is 0.260 e. The maximum Gasteiger partial charge on any atom is 0.260 e. The first kappa shape index (κ1) is 22.7. The minimum Gasteiger partial charge on any atom is -0.497 e. The lowest BCUT2D eigenvalue weighted by atomic mass is 9.97. The van der Waals surface area contributed by atoms with Crippen LogP contribution in [-0.2, 0) is 11.2 Å². The maximum atomic E-state index is 12.6. The van der Waals surface area contributed by atoms with Crippen LogP contribution in [0.1, 0.15) is 49.0 Å². The van der Waals surface area contributed by atoms with E-state index in [1.54, 1.807) is 31.4 Å². The van der Waals surface area contributed by atoms with Gasteiger partial charge in [-0.25, -0.2) is 0 Å². The zero-order valence-corrected chi connectivity index (χ0v) is 18.6. The van der Waals surface area contributed by atoms with Gasteiger partial charge in [0.25, 0.3) is 11.8 Å². The van der Waals surface area contributed by atoms with Crippen molar-refractivity contribution in [1.82, 2.24) is 10.2 Å². The number of hydrogen-bond acceptors (Lipinski definition) is 4. The number of methoxy groups -OCH3 is 1. The number of piperidine rings is 1. The summed E-state index contributed by atoms with van der Waals surface area (Å²) in [6, 6.07) is 15.2. The molecular weight excluding hydrogens is 392 g/mol. The predicted octanol–water partition coefficient (Wildman–Crippen LogP) is 3.84. The minimum absolute atomic E-state index is 0.0139. The van der Waals surface area contributed by atoms with Crippen molar-refractivity contribution in [3.8, 4) is 11.5 Å². The Kier molecular flexibility index (Phi) is 7.93. The largest absolute Gasteiger partial charge is 0.497 e. The van der Waals surface area contributed by atoms with Gasteiger partial charge < -0.3 is 19.7 Å². The number of rotatable bonds is 8. The molecule has 1 heterocycles. The van der Waals surface area contributed by atoms with E-state index >= 15 is 0 Å². The standard InChI is InChI=1S/C25H32N2O4/c1-18-5-4-6-19(2)27(18)24(28)17-31-23-13-9-21(10-14-23)25(29)26-16-15-20-7-11-22(30-3)12-8-20/h7-14,18-19H,4-6,15-17H2,1-3H3,(H,26,29). The van der Waals surface area contributed by atoms with Gasteiger partial charge in [-0.3, -0.25) is 9.59 Å². The zero-order valence-electron chi connectivity index (χ0n) is 18.6. The van der Waals surface area contributed by atoms with Crippen molar-refractivity contribution < 1.29 is 19.1 Å². The molecule has 166 valence electrons. The third-order valence-corrected chi connectivity index (χ3v) is 5.82. The summed E-state index contributed by atoms with van der Waals surface area (Å²) in [6.45, 7) is 4.75. The van der Waals surface area contributed by atoms with Crippen LogP contribution in [0.3, 0.4) is 0 Å². The van der Waals surface area contributed by atoms with Gasteiger partial charge in [-0.2, -0.15) is 0 Å². The summed E-state index contributed by atoms with van der Waals surface area (Å²) in [4.78, 5) is 26.9. The molecule has 1 aliphatic heterocycles. The lowest BCUT2D eigenvalue weighted by Gasteiger charge is -2.38. The molecule has 3 rings (SSSR count). The number of ether oxygens (including phenoxy) is 2. The van der Waals surface area contributed by atoms with Crippen LogP contribution in [0.2, 0.25) is 0 Å². The molecule has 1 aliphatic rings. The van der Waals surface area contributed by atoms with Crippen LogP contribution in [0.25, 0.3) is 0 Å². The van der Waals surface area contributed by atoms with Crippen molar-refractivity contribution in [2.45, 2.75) is 51.6 Å². The average Bonchev–Trinajstić information content (AvgIpc) is 2.78. The van der Waals surface area contributed by atoms with Crippen molar-refractivity contribution in [3.05, 3.63) is 59.7 Å². The van der Waals surface area contributed by atoms with Crippen LogP contribution in [0.5, 0.6) is 11.5 Å². The quantitative estimate of drug-likeness (QED) is 0.699. The molecule has 31 heavy (non-hydrogen) atoms. The lowest BCUT2D eigenvalue weighted by Crippen LogP contribution is -2.49. The van der Waals surface area contributed by atoms with Crippen molar-refractivity contribution in [2.24, 2.45) is 0 Å². The predicted molar refractivity (Wildman–Crippen MR) is 121 cm³/mol. The molecule has 2 atom stereocenters. The summed E-state index contributed by atoms with van der Waals surface area (Å²) in [5.41, 5.74) is 1.69. The van der Waals surface area contributed by atoms with Crippen LogP contribution in [0.4, 0.5) is 0 Å². The summed E-state index contributed by atoms with van der Waals surface area (Å²) in [6.07, 6.45) is 3.99. The van der Waals surface area contributed by atoms with Crippen LogP contribution < -0.4 is 14.8 Å². The number of likely N-dealkylation sites (tertiary alicyclic amines) is 1. The fourth-order valence-electron chi connectivity index (χ4n) is 4.05. The Morgan fingerprint density at radius 3 is 2.19 bits per heavy atom. The summed E-state index contributed by atoms with van der Waals surface area (Å²) in [7, 11) is 1.64. The Labute approximate surface area is 184 Å². The molecule has 0 saturated carbocycles. The third-order valence-electron chi connectivity index (χ3n) is 5.82. The molecule has 2 aromatic carbocycles. The van der Waals surface area contributed by atoms with Gasteiger partial charge in [-0.05, 0) is 81.5 Å². The van der Waals surface area contributed by atoms with Gasteiger partial charge in [0.2, 0.25) is 0 Å². The first-order valence-corrected chi connectivity index (χ1v) is 10.9. The van der Waals surface area contributed by atoms with E-state index in [1.807, 2.05) is 29.2 Å². The lowest BCUT2D eigenvalue weighted by molar-refractivity contribution is -0.139. The van der Waals surface area contributed by atoms with Gasteiger partial charge in [-0.1, -0.05) is 12.1 Å². The van der Waals surface area contributed by atoms with Gasteiger partial charge in [0, 0.05) is 24.2 Å². The molecule has 0 spiro atoms. The number of carbonyl (C=O) groups is 2. The van der Waals surface area contributed by atoms with E-state index in [9.17, 15) is 9.59 Å². The first-order chi connectivity index (χ1) is 15.0. The summed E-state index contributed by atoms with van der Waals surface area (Å²) in [5.74, 6) is 1.28. The van der Waals surface area contributed by atoms with Gasteiger partial charge in [0.05, 0.1) is 7.11 Å². The van der Waals surface area contributed by atoms with Crippen molar-refractivity contribution in [1.29, 1.82) is 0 Å².